The number of aryl methyl sites for hydroxylation is 2. The molecule has 2 heterocycles. The zero-order valence-electron chi connectivity index (χ0n) is 10.4. The molecule has 3 nitrogen and oxygen atoms in total. The summed E-state index contributed by atoms with van der Waals surface area (Å²) in [6.07, 6.45) is 1.83. The average Bonchev–Trinajstić information content (AvgIpc) is 2.66. The highest BCUT2D eigenvalue weighted by atomic mass is 32.1. The van der Waals surface area contributed by atoms with Crippen molar-refractivity contribution in [2.75, 3.05) is 0 Å². The molecular weight excluding hydrogens is 230 g/mol. The van der Waals surface area contributed by atoms with Gasteiger partial charge in [-0.1, -0.05) is 6.07 Å². The lowest BCUT2D eigenvalue weighted by Crippen LogP contribution is -2.18. The van der Waals surface area contributed by atoms with Crippen LogP contribution in [0.2, 0.25) is 0 Å². The molecule has 0 fully saturated rings. The second kappa shape index (κ2) is 5.38. The molecule has 2 aromatic heterocycles. The number of nitrogens with one attached hydrogen (secondary N) is 1. The van der Waals surface area contributed by atoms with Gasteiger partial charge >= 0.3 is 0 Å². The summed E-state index contributed by atoms with van der Waals surface area (Å²) in [5.74, 6) is 0. The van der Waals surface area contributed by atoms with Crippen LogP contribution in [0.15, 0.2) is 24.4 Å². The van der Waals surface area contributed by atoms with Crippen LogP contribution >= 0.6 is 11.3 Å². The Labute approximate surface area is 106 Å². The normalized spacial score (nSPS) is 12.6. The van der Waals surface area contributed by atoms with Crippen molar-refractivity contribution in [3.8, 4) is 0 Å². The van der Waals surface area contributed by atoms with E-state index in [1.807, 2.05) is 31.3 Å². The summed E-state index contributed by atoms with van der Waals surface area (Å²) in [6, 6.07) is 6.26. The first kappa shape index (κ1) is 12.2. The SMILES string of the molecule is Cc1nc(C)c(CN[C@@H](C)c2ccccn2)s1. The van der Waals surface area contributed by atoms with E-state index < -0.39 is 0 Å². The minimum Gasteiger partial charge on any atom is -0.304 e. The lowest BCUT2D eigenvalue weighted by atomic mass is 10.2. The van der Waals surface area contributed by atoms with Crippen molar-refractivity contribution in [2.24, 2.45) is 0 Å². The smallest absolute Gasteiger partial charge is 0.0900 e. The van der Waals surface area contributed by atoms with Crippen LogP contribution in [0.25, 0.3) is 0 Å². The molecule has 4 heteroatoms. The number of aromatic nitrogens is 2. The minimum absolute atomic E-state index is 0.262. The van der Waals surface area contributed by atoms with Crippen molar-refractivity contribution < 1.29 is 0 Å². The first-order valence-electron chi connectivity index (χ1n) is 5.74. The molecule has 0 radical (unpaired) electrons. The molecule has 0 bridgehead atoms. The number of pyridine rings is 1. The summed E-state index contributed by atoms with van der Waals surface area (Å²) in [6.45, 7) is 7.09. The van der Waals surface area contributed by atoms with Crippen LogP contribution in [-0.4, -0.2) is 9.97 Å². The Bertz CT molecular complexity index is 479. The van der Waals surface area contributed by atoms with Crippen molar-refractivity contribution in [3.05, 3.63) is 45.7 Å². The zero-order valence-corrected chi connectivity index (χ0v) is 11.2. The maximum Gasteiger partial charge on any atom is 0.0900 e. The highest BCUT2D eigenvalue weighted by Crippen LogP contribution is 2.18. The van der Waals surface area contributed by atoms with Crippen molar-refractivity contribution in [2.45, 2.75) is 33.4 Å². The summed E-state index contributed by atoms with van der Waals surface area (Å²) in [7, 11) is 0. The second-order valence-corrected chi connectivity index (χ2v) is 5.39. The van der Waals surface area contributed by atoms with Crippen LogP contribution in [0, 0.1) is 13.8 Å². The summed E-state index contributed by atoms with van der Waals surface area (Å²) in [5.41, 5.74) is 2.21. The molecule has 0 saturated carbocycles. The lowest BCUT2D eigenvalue weighted by molar-refractivity contribution is 0.564. The van der Waals surface area contributed by atoms with Crippen LogP contribution in [-0.2, 0) is 6.54 Å². The number of nitrogens with zero attached hydrogens (tertiary/aromatic N) is 2. The first-order chi connectivity index (χ1) is 8.16. The quantitative estimate of drug-likeness (QED) is 0.902. The molecule has 0 aliphatic rings. The van der Waals surface area contributed by atoms with Crippen LogP contribution < -0.4 is 5.32 Å². The Balaban J connectivity index is 1.97. The van der Waals surface area contributed by atoms with E-state index in [9.17, 15) is 0 Å². The summed E-state index contributed by atoms with van der Waals surface area (Å²) in [4.78, 5) is 10.1. The van der Waals surface area contributed by atoms with Gasteiger partial charge in [0, 0.05) is 23.7 Å². The van der Waals surface area contributed by atoms with E-state index in [1.165, 1.54) is 4.88 Å². The summed E-state index contributed by atoms with van der Waals surface area (Å²) in [5, 5.41) is 4.61. The van der Waals surface area contributed by atoms with E-state index in [-0.39, 0.29) is 6.04 Å². The van der Waals surface area contributed by atoms with Crippen LogP contribution in [0.5, 0.6) is 0 Å². The lowest BCUT2D eigenvalue weighted by Gasteiger charge is -2.12. The standard InChI is InChI=1S/C13H17N3S/c1-9(12-6-4-5-7-14-12)15-8-13-10(2)16-11(3)17-13/h4-7,9,15H,8H2,1-3H3/t9-/m0/s1. The van der Waals surface area contributed by atoms with Gasteiger partial charge in [0.05, 0.1) is 16.4 Å². The summed E-state index contributed by atoms with van der Waals surface area (Å²) < 4.78 is 0. The number of rotatable bonds is 4. The molecule has 1 atom stereocenters. The largest absolute Gasteiger partial charge is 0.304 e. The van der Waals surface area contributed by atoms with Gasteiger partial charge in [0.2, 0.25) is 0 Å². The van der Waals surface area contributed by atoms with Gasteiger partial charge < -0.3 is 5.32 Å². The molecule has 0 aliphatic carbocycles. The highest BCUT2D eigenvalue weighted by molar-refractivity contribution is 7.11. The van der Waals surface area contributed by atoms with Crippen molar-refractivity contribution in [1.82, 2.24) is 15.3 Å². The topological polar surface area (TPSA) is 37.8 Å². The Morgan fingerprint density at radius 3 is 2.76 bits per heavy atom. The van der Waals surface area contributed by atoms with Crippen LogP contribution in [0.4, 0.5) is 0 Å². The van der Waals surface area contributed by atoms with Gasteiger partial charge in [-0.05, 0) is 32.9 Å². The van der Waals surface area contributed by atoms with E-state index in [0.717, 1.165) is 22.9 Å². The van der Waals surface area contributed by atoms with E-state index >= 15 is 0 Å². The predicted octanol–water partition coefficient (Wildman–Crippen LogP) is 3.01. The molecule has 0 saturated heterocycles. The molecule has 0 unspecified atom stereocenters. The van der Waals surface area contributed by atoms with E-state index in [2.05, 4.69) is 29.1 Å². The average molecular weight is 247 g/mol. The van der Waals surface area contributed by atoms with Crippen molar-refractivity contribution >= 4 is 11.3 Å². The highest BCUT2D eigenvalue weighted by Gasteiger charge is 2.08. The number of hydrogen-bond acceptors (Lipinski definition) is 4. The Morgan fingerprint density at radius 1 is 1.35 bits per heavy atom. The predicted molar refractivity (Wildman–Crippen MR) is 71.1 cm³/mol. The zero-order chi connectivity index (χ0) is 12.3. The van der Waals surface area contributed by atoms with Gasteiger partial charge in [-0.15, -0.1) is 11.3 Å². The molecule has 17 heavy (non-hydrogen) atoms. The fourth-order valence-electron chi connectivity index (χ4n) is 1.72. The maximum atomic E-state index is 4.42. The number of thiazole rings is 1. The van der Waals surface area contributed by atoms with Gasteiger partial charge in [0.15, 0.2) is 0 Å². The molecule has 0 aliphatic heterocycles. The van der Waals surface area contributed by atoms with Gasteiger partial charge in [0.1, 0.15) is 0 Å². The molecule has 1 N–H and O–H groups in total. The Morgan fingerprint density at radius 2 is 2.18 bits per heavy atom. The molecule has 2 rings (SSSR count). The Hall–Kier alpha value is -1.26. The fraction of sp³-hybridized carbons (Fsp3) is 0.385. The monoisotopic (exact) mass is 247 g/mol. The third-order valence-corrected chi connectivity index (χ3v) is 3.77. The molecule has 2 aromatic rings. The fourth-order valence-corrected chi connectivity index (χ4v) is 2.61. The van der Waals surface area contributed by atoms with Gasteiger partial charge in [-0.3, -0.25) is 4.98 Å². The van der Waals surface area contributed by atoms with Gasteiger partial charge in [0.25, 0.3) is 0 Å². The van der Waals surface area contributed by atoms with Crippen LogP contribution in [0.1, 0.15) is 34.2 Å². The third-order valence-electron chi connectivity index (χ3n) is 2.70. The minimum atomic E-state index is 0.262. The second-order valence-electron chi connectivity index (χ2n) is 4.10. The Kier molecular flexibility index (Phi) is 3.86. The molecule has 0 amide bonds. The van der Waals surface area contributed by atoms with Gasteiger partial charge in [-0.2, -0.15) is 0 Å². The van der Waals surface area contributed by atoms with E-state index in [4.69, 9.17) is 0 Å². The molecule has 90 valence electrons. The van der Waals surface area contributed by atoms with Crippen molar-refractivity contribution in [1.29, 1.82) is 0 Å². The number of hydrogen-bond donors (Lipinski definition) is 1. The van der Waals surface area contributed by atoms with E-state index in [1.54, 1.807) is 11.3 Å². The third kappa shape index (κ3) is 3.11. The van der Waals surface area contributed by atoms with E-state index in [0.29, 0.717) is 0 Å². The molecule has 0 spiro atoms. The maximum absolute atomic E-state index is 4.42. The first-order valence-corrected chi connectivity index (χ1v) is 6.55. The van der Waals surface area contributed by atoms with Gasteiger partial charge in [-0.25, -0.2) is 4.98 Å². The molecule has 0 aromatic carbocycles. The summed E-state index contributed by atoms with van der Waals surface area (Å²) >= 11 is 1.76. The van der Waals surface area contributed by atoms with Crippen LogP contribution in [0.3, 0.4) is 0 Å². The molecular formula is C13H17N3S. The van der Waals surface area contributed by atoms with Crippen molar-refractivity contribution in [3.63, 3.8) is 0 Å².